The molecule has 3 aromatic heterocycles. The van der Waals surface area contributed by atoms with Crippen LogP contribution in [0, 0.1) is 12.3 Å². The van der Waals surface area contributed by atoms with E-state index in [1.54, 1.807) is 17.1 Å². The van der Waals surface area contributed by atoms with Crippen molar-refractivity contribution < 1.29 is 20.1 Å². The fourth-order valence-corrected chi connectivity index (χ4v) is 2.33. The average Bonchev–Trinajstić information content (AvgIpc) is 3.22. The minimum Gasteiger partial charge on any atom is -0.343 e. The van der Waals surface area contributed by atoms with Crippen LogP contribution in [-0.2, 0) is 25.5 Å². The summed E-state index contributed by atoms with van der Waals surface area (Å²) >= 11 is 0. The standard InChI is InChI=1S/C12H14N3.C11H8N.Ir/c1-12(2,3)10-7-9-15(14-10)11-6-4-5-8-13-11;1-2-6-10(7-3-1)11-8-4-5-9-12-11;/h4-8H,1-3H3;1-6,8-9H;/q2*-1;. The van der Waals surface area contributed by atoms with Gasteiger partial charge < -0.3 is 14.6 Å². The van der Waals surface area contributed by atoms with Crippen LogP contribution in [0.25, 0.3) is 17.1 Å². The fraction of sp³-hybridized carbons (Fsp3) is 0.174. The molecule has 0 N–H and O–H groups in total. The molecule has 28 heavy (non-hydrogen) atoms. The van der Waals surface area contributed by atoms with E-state index in [-0.39, 0.29) is 25.5 Å². The van der Waals surface area contributed by atoms with E-state index >= 15 is 0 Å². The Morgan fingerprint density at radius 2 is 1.57 bits per heavy atom. The number of pyridine rings is 2. The van der Waals surface area contributed by atoms with Crippen molar-refractivity contribution in [3.63, 3.8) is 0 Å². The van der Waals surface area contributed by atoms with E-state index in [1.807, 2.05) is 66.7 Å². The Kier molecular flexibility index (Phi) is 7.79. The molecule has 4 rings (SSSR count). The van der Waals surface area contributed by atoms with Gasteiger partial charge in [0.15, 0.2) is 0 Å². The van der Waals surface area contributed by atoms with Crippen LogP contribution in [0.5, 0.6) is 0 Å². The van der Waals surface area contributed by atoms with Gasteiger partial charge in [0, 0.05) is 32.5 Å². The number of benzene rings is 1. The molecule has 145 valence electrons. The van der Waals surface area contributed by atoms with E-state index in [1.165, 1.54) is 0 Å². The molecule has 0 saturated heterocycles. The van der Waals surface area contributed by atoms with Crippen LogP contribution >= 0.6 is 0 Å². The Labute approximate surface area is 180 Å². The number of aromatic nitrogens is 4. The fourth-order valence-electron chi connectivity index (χ4n) is 2.33. The van der Waals surface area contributed by atoms with Crippen molar-refractivity contribution in [1.82, 2.24) is 19.7 Å². The quantitative estimate of drug-likeness (QED) is 0.336. The molecule has 0 aliphatic heterocycles. The summed E-state index contributed by atoms with van der Waals surface area (Å²) in [5, 5.41) is 4.45. The second-order valence-corrected chi connectivity index (χ2v) is 7.00. The number of rotatable bonds is 2. The van der Waals surface area contributed by atoms with Crippen molar-refractivity contribution in [3.8, 4) is 17.1 Å². The van der Waals surface area contributed by atoms with Gasteiger partial charge in [0.1, 0.15) is 0 Å². The van der Waals surface area contributed by atoms with Crippen molar-refractivity contribution in [1.29, 1.82) is 0 Å². The molecular formula is C23H22IrN4-2. The third-order valence-corrected chi connectivity index (χ3v) is 3.82. The average molecular weight is 547 g/mol. The van der Waals surface area contributed by atoms with E-state index in [4.69, 9.17) is 0 Å². The molecular weight excluding hydrogens is 524 g/mol. The Hall–Kier alpha value is -2.62. The predicted octanol–water partition coefficient (Wildman–Crippen LogP) is 4.91. The molecule has 0 bridgehead atoms. The molecule has 0 saturated carbocycles. The molecule has 0 spiro atoms. The van der Waals surface area contributed by atoms with E-state index in [2.05, 4.69) is 48.1 Å². The second-order valence-electron chi connectivity index (χ2n) is 7.00. The zero-order chi connectivity index (χ0) is 19.1. The predicted molar refractivity (Wildman–Crippen MR) is 107 cm³/mol. The van der Waals surface area contributed by atoms with Crippen LogP contribution in [0.4, 0.5) is 0 Å². The molecule has 0 atom stereocenters. The first-order valence-corrected chi connectivity index (χ1v) is 8.82. The third kappa shape index (κ3) is 5.95. The second kappa shape index (κ2) is 10.1. The van der Waals surface area contributed by atoms with E-state index in [0.717, 1.165) is 22.8 Å². The first-order valence-electron chi connectivity index (χ1n) is 8.82. The van der Waals surface area contributed by atoms with Crippen LogP contribution < -0.4 is 0 Å². The molecule has 0 fully saturated rings. The van der Waals surface area contributed by atoms with Crippen LogP contribution in [0.1, 0.15) is 26.5 Å². The molecule has 3 heterocycles. The van der Waals surface area contributed by atoms with Gasteiger partial charge in [0.25, 0.3) is 0 Å². The molecule has 0 unspecified atom stereocenters. The summed E-state index contributed by atoms with van der Waals surface area (Å²) in [6, 6.07) is 24.5. The molecule has 0 amide bonds. The van der Waals surface area contributed by atoms with Gasteiger partial charge in [-0.05, 0) is 28.9 Å². The number of hydrogen-bond acceptors (Lipinski definition) is 3. The van der Waals surface area contributed by atoms with Gasteiger partial charge in [0.2, 0.25) is 0 Å². The molecule has 5 heteroatoms. The van der Waals surface area contributed by atoms with E-state index in [0.29, 0.717) is 0 Å². The van der Waals surface area contributed by atoms with E-state index < -0.39 is 0 Å². The molecule has 4 aromatic rings. The summed E-state index contributed by atoms with van der Waals surface area (Å²) in [6.45, 7) is 6.39. The van der Waals surface area contributed by atoms with Gasteiger partial charge in [-0.1, -0.05) is 51.2 Å². The van der Waals surface area contributed by atoms with E-state index in [9.17, 15) is 0 Å². The van der Waals surface area contributed by atoms with Crippen LogP contribution in [-0.4, -0.2) is 19.7 Å². The first-order chi connectivity index (χ1) is 13.0. The SMILES string of the molecule is CC(C)(C)c1c[c-]n(-c2ccccn2)n1.[Ir].[c-]1ccccc1-c1ccccn1. The summed E-state index contributed by atoms with van der Waals surface area (Å²) in [6.07, 6.45) is 6.61. The minimum absolute atomic E-state index is 0. The molecule has 0 aliphatic carbocycles. The maximum Gasteiger partial charge on any atom is 0.0519 e. The maximum absolute atomic E-state index is 4.45. The monoisotopic (exact) mass is 547 g/mol. The Bertz CT molecular complexity index is 909. The Balaban J connectivity index is 0.000000198. The number of nitrogens with zero attached hydrogens (tertiary/aromatic N) is 4. The van der Waals surface area contributed by atoms with Crippen LogP contribution in [0.2, 0.25) is 0 Å². The zero-order valence-corrected chi connectivity index (χ0v) is 18.5. The van der Waals surface area contributed by atoms with Crippen LogP contribution in [0.3, 0.4) is 0 Å². The molecule has 0 aliphatic rings. The Morgan fingerprint density at radius 3 is 2.11 bits per heavy atom. The molecule has 4 nitrogen and oxygen atoms in total. The smallest absolute Gasteiger partial charge is 0.0519 e. The minimum atomic E-state index is 0. The molecule has 1 radical (unpaired) electrons. The summed E-state index contributed by atoms with van der Waals surface area (Å²) in [7, 11) is 0. The van der Waals surface area contributed by atoms with Gasteiger partial charge >= 0.3 is 0 Å². The summed E-state index contributed by atoms with van der Waals surface area (Å²) in [4.78, 5) is 8.43. The van der Waals surface area contributed by atoms with Crippen molar-refractivity contribution in [2.75, 3.05) is 0 Å². The summed E-state index contributed by atoms with van der Waals surface area (Å²) in [5.74, 6) is 0.799. The van der Waals surface area contributed by atoms with Gasteiger partial charge in [-0.15, -0.1) is 42.0 Å². The van der Waals surface area contributed by atoms with Gasteiger partial charge in [-0.2, -0.15) is 0 Å². The topological polar surface area (TPSA) is 43.6 Å². The van der Waals surface area contributed by atoms with Gasteiger partial charge in [0.05, 0.1) is 5.82 Å². The summed E-state index contributed by atoms with van der Waals surface area (Å²) in [5.41, 5.74) is 3.08. The van der Waals surface area contributed by atoms with Crippen molar-refractivity contribution in [2.45, 2.75) is 26.2 Å². The van der Waals surface area contributed by atoms with Gasteiger partial charge in [-0.3, -0.25) is 5.10 Å². The van der Waals surface area contributed by atoms with Crippen molar-refractivity contribution in [2.24, 2.45) is 0 Å². The molecule has 1 aromatic carbocycles. The third-order valence-electron chi connectivity index (χ3n) is 3.82. The zero-order valence-electron chi connectivity index (χ0n) is 16.1. The summed E-state index contributed by atoms with van der Waals surface area (Å²) < 4.78 is 1.68. The maximum atomic E-state index is 4.45. The van der Waals surface area contributed by atoms with Crippen molar-refractivity contribution >= 4 is 0 Å². The van der Waals surface area contributed by atoms with Crippen molar-refractivity contribution in [3.05, 3.63) is 97.1 Å². The van der Waals surface area contributed by atoms with Crippen LogP contribution in [0.15, 0.2) is 79.1 Å². The normalized spacial score (nSPS) is 10.4. The number of hydrogen-bond donors (Lipinski definition) is 0. The Morgan fingerprint density at radius 1 is 0.857 bits per heavy atom. The first kappa shape index (κ1) is 21.7. The van der Waals surface area contributed by atoms with Gasteiger partial charge in [-0.25, -0.2) is 0 Å². The largest absolute Gasteiger partial charge is 0.343 e.